The molecule has 54 heavy (non-hydrogen) atoms. The van der Waals surface area contributed by atoms with Crippen molar-refractivity contribution < 1.29 is 23.1 Å². The molecular weight excluding hydrogens is 711 g/mol. The van der Waals surface area contributed by atoms with Crippen LogP contribution in [0.2, 0.25) is 36.3 Å². The molecule has 0 fully saturated rings. The fraction of sp³-hybridized carbons (Fsp3) is 0.571. The Morgan fingerprint density at radius 1 is 0.833 bits per heavy atom. The van der Waals surface area contributed by atoms with Crippen molar-refractivity contribution in [1.82, 2.24) is 25.1 Å². The van der Waals surface area contributed by atoms with E-state index in [1.165, 1.54) is 0 Å². The highest BCUT2D eigenvalue weighted by Gasteiger charge is 2.38. The Kier molecular flexibility index (Phi) is 13.8. The minimum Gasteiger partial charge on any atom is -0.490 e. The number of methoxy groups -OCH3 is 1. The molecule has 0 aliphatic rings. The molecule has 1 amide bonds. The minimum absolute atomic E-state index is 0.0198. The lowest BCUT2D eigenvalue weighted by Crippen LogP contribution is -2.41. The zero-order chi connectivity index (χ0) is 40.1. The van der Waals surface area contributed by atoms with Crippen LogP contribution in [0.4, 0.5) is 0 Å². The summed E-state index contributed by atoms with van der Waals surface area (Å²) in [7, 11) is -2.20. The molecule has 0 saturated carbocycles. The number of fused-ring (bicyclic) bond motifs is 1. The van der Waals surface area contributed by atoms with E-state index < -0.39 is 22.0 Å². The van der Waals surface area contributed by atoms with E-state index in [4.69, 9.17) is 33.4 Å². The monoisotopic (exact) mass is 775 g/mol. The van der Waals surface area contributed by atoms with Gasteiger partial charge in [0.2, 0.25) is 5.91 Å². The summed E-state index contributed by atoms with van der Waals surface area (Å²) in [5, 5.41) is 9.17. The van der Waals surface area contributed by atoms with Crippen molar-refractivity contribution in [2.45, 2.75) is 124 Å². The van der Waals surface area contributed by atoms with Gasteiger partial charge in [-0.2, -0.15) is 5.10 Å². The molecule has 1 aromatic carbocycles. The lowest BCUT2D eigenvalue weighted by Gasteiger charge is -2.36. The topological polar surface area (TPSA) is 110 Å². The van der Waals surface area contributed by atoms with Crippen LogP contribution in [0, 0.1) is 5.41 Å². The van der Waals surface area contributed by atoms with Gasteiger partial charge in [0.1, 0.15) is 12.4 Å². The lowest BCUT2D eigenvalue weighted by atomic mass is 9.94. The molecule has 3 heterocycles. The van der Waals surface area contributed by atoms with Crippen LogP contribution in [0.25, 0.3) is 28.0 Å². The van der Waals surface area contributed by atoms with Crippen molar-refractivity contribution in [3.63, 3.8) is 0 Å². The lowest BCUT2D eigenvalue weighted by molar-refractivity contribution is -0.129. The molecule has 3 aromatic heterocycles. The third kappa shape index (κ3) is 10.9. The first-order valence-corrected chi connectivity index (χ1v) is 25.0. The van der Waals surface area contributed by atoms with E-state index in [9.17, 15) is 4.79 Å². The standard InChI is InChI=1S/C42H65N5O5Si2/c1-40(2,3)39(48)46-35(21-17-23-51-53(11,12)41(4,5)6)34-20-16-19-33(45-34)30-26-36-32(37(27-30)50-25-24-49-10)28-43-47(36)38-22-15-18-31(44-38)29-52-54(13,14)42(7,8)9/h15-16,18-20,22,26-28,35H,17,21,23-25,29H2,1-14H3,(H,46,48)/t35-/m0/s1. The van der Waals surface area contributed by atoms with Crippen molar-refractivity contribution in [2.24, 2.45) is 5.41 Å². The Labute approximate surface area is 326 Å². The van der Waals surface area contributed by atoms with Crippen molar-refractivity contribution in [3.8, 4) is 22.8 Å². The van der Waals surface area contributed by atoms with Gasteiger partial charge >= 0.3 is 0 Å². The predicted octanol–water partition coefficient (Wildman–Crippen LogP) is 10.0. The molecule has 0 spiro atoms. The Morgan fingerprint density at radius 2 is 1.50 bits per heavy atom. The second-order valence-corrected chi connectivity index (χ2v) is 27.9. The van der Waals surface area contributed by atoms with E-state index in [0.29, 0.717) is 44.4 Å². The maximum atomic E-state index is 13.3. The van der Waals surface area contributed by atoms with E-state index >= 15 is 0 Å². The summed E-state index contributed by atoms with van der Waals surface area (Å²) in [6.45, 7) is 30.2. The summed E-state index contributed by atoms with van der Waals surface area (Å²) in [6, 6.07) is 15.7. The number of nitrogens with one attached hydrogen (secondary N) is 1. The first-order chi connectivity index (χ1) is 25.0. The van der Waals surface area contributed by atoms with Gasteiger partial charge in [0.25, 0.3) is 0 Å². The number of pyridine rings is 2. The SMILES string of the molecule is COCCOc1cc(-c2cccc([C@H](CCCO[Si](C)(C)C(C)(C)C)NC(=O)C(C)(C)C)n2)cc2c1cnn2-c1cccc(CO[Si](C)(C)C(C)(C)C)n1. The number of hydrogen-bond acceptors (Lipinski definition) is 8. The molecule has 0 aliphatic heterocycles. The Bertz CT molecular complexity index is 1870. The maximum Gasteiger partial charge on any atom is 0.225 e. The summed E-state index contributed by atoms with van der Waals surface area (Å²) in [5.74, 6) is 1.34. The number of carbonyl (C=O) groups excluding carboxylic acids is 1. The highest BCUT2D eigenvalue weighted by Crippen LogP contribution is 2.38. The number of carbonyl (C=O) groups is 1. The quantitative estimate of drug-likeness (QED) is 0.0885. The summed E-state index contributed by atoms with van der Waals surface area (Å²) >= 11 is 0. The van der Waals surface area contributed by atoms with Gasteiger partial charge < -0.3 is 23.6 Å². The smallest absolute Gasteiger partial charge is 0.225 e. The highest BCUT2D eigenvalue weighted by atomic mass is 28.4. The van der Waals surface area contributed by atoms with Gasteiger partial charge in [-0.3, -0.25) is 9.78 Å². The molecule has 0 aliphatic carbocycles. The van der Waals surface area contributed by atoms with E-state index in [1.807, 2.05) is 74.1 Å². The average molecular weight is 776 g/mol. The number of amides is 1. The molecule has 10 nitrogen and oxygen atoms in total. The summed E-state index contributed by atoms with van der Waals surface area (Å²) in [6.07, 6.45) is 3.31. The van der Waals surface area contributed by atoms with E-state index in [0.717, 1.165) is 40.0 Å². The molecule has 1 atom stereocenters. The number of aromatic nitrogens is 4. The van der Waals surface area contributed by atoms with Crippen LogP contribution in [0.15, 0.2) is 54.7 Å². The van der Waals surface area contributed by atoms with Crippen molar-refractivity contribution >= 4 is 33.4 Å². The van der Waals surface area contributed by atoms with Crippen LogP contribution in [-0.4, -0.2) is 69.2 Å². The van der Waals surface area contributed by atoms with Crippen LogP contribution < -0.4 is 10.1 Å². The zero-order valence-electron chi connectivity index (χ0n) is 35.3. The third-order valence-electron chi connectivity index (χ3n) is 10.9. The number of hydrogen-bond donors (Lipinski definition) is 1. The van der Waals surface area contributed by atoms with Gasteiger partial charge in [0.15, 0.2) is 22.5 Å². The van der Waals surface area contributed by atoms with Crippen molar-refractivity contribution in [3.05, 3.63) is 66.1 Å². The van der Waals surface area contributed by atoms with Crippen LogP contribution in [-0.2, 0) is 25.0 Å². The number of ether oxygens (including phenoxy) is 2. The molecule has 0 bridgehead atoms. The minimum atomic E-state index is -1.96. The number of nitrogens with zero attached hydrogens (tertiary/aromatic N) is 4. The molecule has 1 N–H and O–H groups in total. The molecule has 0 saturated heterocycles. The van der Waals surface area contributed by atoms with Crippen LogP contribution in [0.1, 0.15) is 92.6 Å². The van der Waals surface area contributed by atoms with Gasteiger partial charge in [-0.25, -0.2) is 9.67 Å². The maximum absolute atomic E-state index is 13.3. The van der Waals surface area contributed by atoms with Gasteiger partial charge in [-0.15, -0.1) is 0 Å². The van der Waals surface area contributed by atoms with E-state index in [2.05, 4.69) is 79.1 Å². The fourth-order valence-electron chi connectivity index (χ4n) is 5.22. The van der Waals surface area contributed by atoms with E-state index in [1.54, 1.807) is 7.11 Å². The zero-order valence-corrected chi connectivity index (χ0v) is 37.3. The predicted molar refractivity (Wildman–Crippen MR) is 224 cm³/mol. The van der Waals surface area contributed by atoms with Crippen LogP contribution >= 0.6 is 0 Å². The fourth-order valence-corrected chi connectivity index (χ4v) is 7.25. The molecule has 296 valence electrons. The summed E-state index contributed by atoms with van der Waals surface area (Å²) < 4.78 is 26.4. The first kappa shape index (κ1) is 43.3. The molecule has 4 rings (SSSR count). The number of rotatable bonds is 16. The average Bonchev–Trinajstić information content (AvgIpc) is 3.52. The van der Waals surface area contributed by atoms with Crippen molar-refractivity contribution in [1.29, 1.82) is 0 Å². The molecular formula is C42H65N5O5Si2. The number of benzene rings is 1. The van der Waals surface area contributed by atoms with E-state index in [-0.39, 0.29) is 22.0 Å². The Hall–Kier alpha value is -3.43. The second-order valence-electron chi connectivity index (χ2n) is 18.3. The van der Waals surface area contributed by atoms with Gasteiger partial charge in [-0.1, -0.05) is 74.4 Å². The summed E-state index contributed by atoms with van der Waals surface area (Å²) in [4.78, 5) is 23.5. The van der Waals surface area contributed by atoms with Crippen LogP contribution in [0.5, 0.6) is 5.75 Å². The third-order valence-corrected chi connectivity index (χ3v) is 19.9. The second kappa shape index (κ2) is 17.2. The van der Waals surface area contributed by atoms with Crippen molar-refractivity contribution in [2.75, 3.05) is 26.9 Å². The molecule has 4 aromatic rings. The summed E-state index contributed by atoms with van der Waals surface area (Å²) in [5.41, 5.74) is 3.55. The van der Waals surface area contributed by atoms with Gasteiger partial charge in [0.05, 0.1) is 53.4 Å². The van der Waals surface area contributed by atoms with Crippen LogP contribution in [0.3, 0.4) is 0 Å². The first-order valence-electron chi connectivity index (χ1n) is 19.2. The van der Waals surface area contributed by atoms with Gasteiger partial charge in [0, 0.05) is 24.7 Å². The largest absolute Gasteiger partial charge is 0.490 e. The normalized spacial score (nSPS) is 13.7. The Balaban J connectivity index is 1.71. The Morgan fingerprint density at radius 3 is 2.15 bits per heavy atom. The molecule has 0 radical (unpaired) electrons. The highest BCUT2D eigenvalue weighted by molar-refractivity contribution is 6.74. The molecule has 12 heteroatoms. The molecule has 0 unspecified atom stereocenters. The van der Waals surface area contributed by atoms with Gasteiger partial charge in [-0.05, 0) is 85.5 Å².